The van der Waals surface area contributed by atoms with Crippen molar-refractivity contribution in [1.82, 2.24) is 4.98 Å². The van der Waals surface area contributed by atoms with Crippen LogP contribution in [0.2, 0.25) is 0 Å². The van der Waals surface area contributed by atoms with Gasteiger partial charge in [-0.3, -0.25) is 14.9 Å². The summed E-state index contributed by atoms with van der Waals surface area (Å²) in [6.45, 7) is 6.48. The topological polar surface area (TPSA) is 141 Å². The summed E-state index contributed by atoms with van der Waals surface area (Å²) in [6, 6.07) is 3.71. The van der Waals surface area contributed by atoms with E-state index in [0.29, 0.717) is 16.9 Å². The molecule has 0 aliphatic carbocycles. The van der Waals surface area contributed by atoms with Crippen molar-refractivity contribution in [3.8, 4) is 0 Å². The molecule has 1 aromatic carbocycles. The van der Waals surface area contributed by atoms with Crippen molar-refractivity contribution in [3.05, 3.63) is 56.4 Å². The van der Waals surface area contributed by atoms with Gasteiger partial charge in [0, 0.05) is 30.6 Å². The lowest BCUT2D eigenvalue weighted by atomic mass is 10.1. The van der Waals surface area contributed by atoms with Crippen molar-refractivity contribution in [2.45, 2.75) is 33.8 Å². The van der Waals surface area contributed by atoms with Gasteiger partial charge in [0.05, 0.1) is 28.4 Å². The van der Waals surface area contributed by atoms with E-state index in [1.54, 1.807) is 27.8 Å². The number of carbonyl (C=O) groups excluding carboxylic acids is 3. The van der Waals surface area contributed by atoms with Crippen molar-refractivity contribution in [1.29, 1.82) is 0 Å². The Labute approximate surface area is 172 Å². The molecule has 0 saturated carbocycles. The first-order valence-electron chi connectivity index (χ1n) is 9.19. The highest BCUT2D eigenvalue weighted by Crippen LogP contribution is 2.25. The quantitative estimate of drug-likeness (QED) is 0.289. The van der Waals surface area contributed by atoms with Crippen LogP contribution in [0, 0.1) is 24.0 Å². The summed E-state index contributed by atoms with van der Waals surface area (Å²) in [6.07, 6.45) is -1.20. The number of ether oxygens (including phenoxy) is 2. The Bertz CT molecular complexity index is 1010. The molecule has 2 N–H and O–H groups in total. The van der Waals surface area contributed by atoms with E-state index in [2.05, 4.69) is 10.3 Å². The average molecular weight is 417 g/mol. The van der Waals surface area contributed by atoms with E-state index in [4.69, 9.17) is 9.47 Å². The molecule has 0 fully saturated rings. The minimum atomic E-state index is -1.20. The van der Waals surface area contributed by atoms with Gasteiger partial charge < -0.3 is 19.8 Å². The van der Waals surface area contributed by atoms with Crippen LogP contribution in [0.3, 0.4) is 0 Å². The molecule has 0 unspecified atom stereocenters. The number of aromatic nitrogens is 1. The lowest BCUT2D eigenvalue weighted by Crippen LogP contribution is -2.26. The van der Waals surface area contributed by atoms with Crippen molar-refractivity contribution >= 4 is 29.1 Å². The number of Topliss-reactive ketones (excluding diaryl/α,β-unsaturated/α-hetero) is 1. The number of hydrogen-bond donors (Lipinski definition) is 2. The number of nitro groups is 1. The number of esters is 2. The van der Waals surface area contributed by atoms with Gasteiger partial charge in [-0.25, -0.2) is 9.59 Å². The second kappa shape index (κ2) is 9.21. The zero-order chi connectivity index (χ0) is 22.6. The molecule has 0 aliphatic rings. The van der Waals surface area contributed by atoms with Crippen LogP contribution in [0.5, 0.6) is 0 Å². The molecule has 0 saturated heterocycles. The van der Waals surface area contributed by atoms with E-state index in [1.807, 2.05) is 0 Å². The van der Waals surface area contributed by atoms with Gasteiger partial charge in [0.2, 0.25) is 5.78 Å². The number of ketones is 1. The molecule has 10 nitrogen and oxygen atoms in total. The molecular weight excluding hydrogens is 394 g/mol. The van der Waals surface area contributed by atoms with Gasteiger partial charge in [0.25, 0.3) is 5.69 Å². The number of rotatable bonds is 8. The first-order valence-corrected chi connectivity index (χ1v) is 9.19. The molecule has 0 amide bonds. The van der Waals surface area contributed by atoms with E-state index >= 15 is 0 Å². The highest BCUT2D eigenvalue weighted by Gasteiger charge is 2.28. The zero-order valence-electron chi connectivity index (χ0n) is 17.3. The van der Waals surface area contributed by atoms with Crippen molar-refractivity contribution in [2.75, 3.05) is 19.0 Å². The molecule has 1 heterocycles. The van der Waals surface area contributed by atoms with Crippen molar-refractivity contribution in [3.63, 3.8) is 0 Å². The van der Waals surface area contributed by atoms with Crippen LogP contribution < -0.4 is 5.32 Å². The zero-order valence-corrected chi connectivity index (χ0v) is 17.3. The van der Waals surface area contributed by atoms with Crippen LogP contribution in [0.25, 0.3) is 0 Å². The fourth-order valence-corrected chi connectivity index (χ4v) is 3.02. The number of nitrogens with one attached hydrogen (secondary N) is 2. The third kappa shape index (κ3) is 4.48. The van der Waals surface area contributed by atoms with Crippen LogP contribution in [-0.4, -0.2) is 47.4 Å². The van der Waals surface area contributed by atoms with Gasteiger partial charge in [0.15, 0.2) is 6.10 Å². The molecular formula is C20H23N3O7. The van der Waals surface area contributed by atoms with E-state index in [1.165, 1.54) is 19.1 Å². The van der Waals surface area contributed by atoms with Crippen LogP contribution in [-0.2, 0) is 9.47 Å². The molecule has 0 aliphatic heterocycles. The normalized spacial score (nSPS) is 11.5. The molecule has 2 rings (SSSR count). The summed E-state index contributed by atoms with van der Waals surface area (Å²) in [5, 5.41) is 13.8. The third-order valence-electron chi connectivity index (χ3n) is 4.52. The summed E-state index contributed by atoms with van der Waals surface area (Å²) >= 11 is 0. The van der Waals surface area contributed by atoms with Gasteiger partial charge in [-0.05, 0) is 39.3 Å². The van der Waals surface area contributed by atoms with Gasteiger partial charge in [0.1, 0.15) is 0 Å². The predicted octanol–water partition coefficient (Wildman–Crippen LogP) is 3.19. The standard InChI is InChI=1S/C20H23N3O7/c1-6-29-20(26)16-10(2)17(22-11(16)3)18(24)12(4)30-19(25)14-9-13(23(27)28)7-8-15(14)21-5/h7-9,12,21-22H,6H2,1-5H3/t12-/m1/s1. The second-order valence-corrected chi connectivity index (χ2v) is 6.49. The van der Waals surface area contributed by atoms with Crippen LogP contribution in [0.1, 0.15) is 56.3 Å². The lowest BCUT2D eigenvalue weighted by Gasteiger charge is -2.14. The minimum absolute atomic E-state index is 0.0713. The van der Waals surface area contributed by atoms with Crippen LogP contribution in [0.15, 0.2) is 18.2 Å². The maximum atomic E-state index is 12.8. The Morgan fingerprint density at radius 3 is 2.47 bits per heavy atom. The molecule has 2 aromatic rings. The third-order valence-corrected chi connectivity index (χ3v) is 4.52. The average Bonchev–Trinajstić information content (AvgIpc) is 3.00. The molecule has 0 radical (unpaired) electrons. The number of benzene rings is 1. The maximum Gasteiger partial charge on any atom is 0.341 e. The van der Waals surface area contributed by atoms with E-state index < -0.39 is 28.7 Å². The molecule has 10 heteroatoms. The summed E-state index contributed by atoms with van der Waals surface area (Å²) in [4.78, 5) is 50.7. The number of aromatic amines is 1. The number of H-pyrrole nitrogens is 1. The van der Waals surface area contributed by atoms with Crippen LogP contribution in [0.4, 0.5) is 11.4 Å². The van der Waals surface area contributed by atoms with Gasteiger partial charge >= 0.3 is 11.9 Å². The number of carbonyl (C=O) groups is 3. The molecule has 160 valence electrons. The van der Waals surface area contributed by atoms with Crippen molar-refractivity contribution < 1.29 is 28.8 Å². The number of anilines is 1. The summed E-state index contributed by atoms with van der Waals surface area (Å²) < 4.78 is 10.3. The number of nitro benzene ring substituents is 1. The highest BCUT2D eigenvalue weighted by molar-refractivity contribution is 6.05. The Balaban J connectivity index is 2.28. The summed E-state index contributed by atoms with van der Waals surface area (Å²) in [7, 11) is 1.55. The van der Waals surface area contributed by atoms with Gasteiger partial charge in [-0.15, -0.1) is 0 Å². The molecule has 0 bridgehead atoms. The Kier molecular flexibility index (Phi) is 6.93. The summed E-state index contributed by atoms with van der Waals surface area (Å²) in [5.41, 5.74) is 1.21. The lowest BCUT2D eigenvalue weighted by molar-refractivity contribution is -0.384. The first-order chi connectivity index (χ1) is 14.1. The fraction of sp³-hybridized carbons (Fsp3) is 0.350. The van der Waals surface area contributed by atoms with E-state index in [0.717, 1.165) is 6.07 Å². The van der Waals surface area contributed by atoms with Gasteiger partial charge in [-0.2, -0.15) is 0 Å². The summed E-state index contributed by atoms with van der Waals surface area (Å²) in [5.74, 6) is -1.99. The first kappa shape index (κ1) is 22.6. The number of aryl methyl sites for hydroxylation is 1. The number of non-ortho nitro benzene ring substituents is 1. The molecule has 1 atom stereocenters. The number of nitrogens with zero attached hydrogens (tertiary/aromatic N) is 1. The van der Waals surface area contributed by atoms with E-state index in [-0.39, 0.29) is 29.1 Å². The second-order valence-electron chi connectivity index (χ2n) is 6.49. The van der Waals surface area contributed by atoms with Crippen LogP contribution >= 0.6 is 0 Å². The van der Waals surface area contributed by atoms with E-state index in [9.17, 15) is 24.5 Å². The van der Waals surface area contributed by atoms with Gasteiger partial charge in [-0.1, -0.05) is 0 Å². The fourth-order valence-electron chi connectivity index (χ4n) is 3.02. The monoisotopic (exact) mass is 417 g/mol. The predicted molar refractivity (Wildman–Crippen MR) is 108 cm³/mol. The smallest absolute Gasteiger partial charge is 0.341 e. The largest absolute Gasteiger partial charge is 0.462 e. The molecule has 1 aromatic heterocycles. The number of hydrogen-bond acceptors (Lipinski definition) is 8. The SMILES string of the molecule is CCOC(=O)c1c(C)[nH]c(C(=O)[C@@H](C)OC(=O)c2cc([N+](=O)[O-])ccc2NC)c1C. The Hall–Kier alpha value is -3.69. The minimum Gasteiger partial charge on any atom is -0.462 e. The highest BCUT2D eigenvalue weighted by atomic mass is 16.6. The Morgan fingerprint density at radius 2 is 1.90 bits per heavy atom. The molecule has 0 spiro atoms. The molecule has 30 heavy (non-hydrogen) atoms. The Morgan fingerprint density at radius 1 is 1.23 bits per heavy atom. The maximum absolute atomic E-state index is 12.8. The van der Waals surface area contributed by atoms with Crippen molar-refractivity contribution in [2.24, 2.45) is 0 Å².